The van der Waals surface area contributed by atoms with Crippen LogP contribution in [0.15, 0.2) is 58.4 Å². The maximum atomic E-state index is 12.3. The molecule has 3 rings (SSSR count). The van der Waals surface area contributed by atoms with Gasteiger partial charge in [0.05, 0.1) is 0 Å². The Morgan fingerprint density at radius 3 is 2.37 bits per heavy atom. The lowest BCUT2D eigenvalue weighted by atomic mass is 10.0. The molecule has 1 heterocycles. The molecular weight excluding hydrogens is 426 g/mol. The third-order valence-corrected chi connectivity index (χ3v) is 5.60. The van der Waals surface area contributed by atoms with E-state index < -0.39 is 5.97 Å². The first-order valence-corrected chi connectivity index (χ1v) is 10.1. The fraction of sp³-hybridized carbons (Fsp3) is 0.143. The Hall–Kier alpha value is -2.44. The summed E-state index contributed by atoms with van der Waals surface area (Å²) in [6.45, 7) is 2.02. The van der Waals surface area contributed by atoms with Crippen molar-refractivity contribution in [2.24, 2.45) is 0 Å². The van der Waals surface area contributed by atoms with Crippen LogP contribution in [-0.2, 0) is 11.2 Å². The van der Waals surface area contributed by atoms with Gasteiger partial charge in [0.1, 0.15) is 10.6 Å². The molecule has 0 saturated heterocycles. The Kier molecular flexibility index (Phi) is 6.08. The van der Waals surface area contributed by atoms with E-state index in [1.807, 2.05) is 55.5 Å². The lowest BCUT2D eigenvalue weighted by molar-refractivity contribution is -0.116. The van der Waals surface area contributed by atoms with Gasteiger partial charge < -0.3 is 10.4 Å². The standard InChI is InChI=1S/C21H18BrNO3S/c1-13-2-4-14(5-3-13)6-11-18(24)23-20-19(21(25)26)17(12-27-20)15-7-9-16(22)10-8-15/h2-5,7-10,12H,6,11H2,1H3,(H,23,24)(H,25,26). The highest BCUT2D eigenvalue weighted by Crippen LogP contribution is 2.36. The van der Waals surface area contributed by atoms with E-state index in [0.717, 1.165) is 15.6 Å². The second kappa shape index (κ2) is 8.50. The Morgan fingerprint density at radius 2 is 1.74 bits per heavy atom. The van der Waals surface area contributed by atoms with Gasteiger partial charge in [-0.1, -0.05) is 57.9 Å². The number of aryl methyl sites for hydroxylation is 2. The fourth-order valence-electron chi connectivity index (χ4n) is 2.71. The second-order valence-corrected chi connectivity index (χ2v) is 7.99. The zero-order valence-corrected chi connectivity index (χ0v) is 17.1. The topological polar surface area (TPSA) is 66.4 Å². The minimum Gasteiger partial charge on any atom is -0.478 e. The van der Waals surface area contributed by atoms with E-state index in [-0.39, 0.29) is 11.5 Å². The highest BCUT2D eigenvalue weighted by atomic mass is 79.9. The number of carbonyl (C=O) groups excluding carboxylic acids is 1. The van der Waals surface area contributed by atoms with Crippen LogP contribution in [0.5, 0.6) is 0 Å². The number of benzene rings is 2. The maximum Gasteiger partial charge on any atom is 0.339 e. The summed E-state index contributed by atoms with van der Waals surface area (Å²) in [6.07, 6.45) is 0.910. The maximum absolute atomic E-state index is 12.3. The van der Waals surface area contributed by atoms with Crippen LogP contribution in [0.1, 0.15) is 27.9 Å². The lowest BCUT2D eigenvalue weighted by Gasteiger charge is -2.07. The molecule has 0 spiro atoms. The van der Waals surface area contributed by atoms with Crippen molar-refractivity contribution in [3.63, 3.8) is 0 Å². The third-order valence-electron chi connectivity index (χ3n) is 4.17. The van der Waals surface area contributed by atoms with Crippen LogP contribution in [0.25, 0.3) is 11.1 Å². The number of halogens is 1. The summed E-state index contributed by atoms with van der Waals surface area (Å²) in [5.41, 5.74) is 3.79. The number of hydrogen-bond donors (Lipinski definition) is 2. The van der Waals surface area contributed by atoms with Crippen molar-refractivity contribution in [3.05, 3.63) is 75.1 Å². The quantitative estimate of drug-likeness (QED) is 0.509. The molecule has 2 aromatic carbocycles. The van der Waals surface area contributed by atoms with Crippen LogP contribution >= 0.6 is 27.3 Å². The first-order valence-electron chi connectivity index (χ1n) is 8.40. The lowest BCUT2D eigenvalue weighted by Crippen LogP contribution is -2.14. The molecule has 0 atom stereocenters. The van der Waals surface area contributed by atoms with Crippen LogP contribution in [0.2, 0.25) is 0 Å². The number of thiophene rings is 1. The summed E-state index contributed by atoms with van der Waals surface area (Å²) in [4.78, 5) is 24.1. The highest BCUT2D eigenvalue weighted by molar-refractivity contribution is 9.10. The Balaban J connectivity index is 1.74. The van der Waals surface area contributed by atoms with Crippen LogP contribution in [-0.4, -0.2) is 17.0 Å². The van der Waals surface area contributed by atoms with Gasteiger partial charge in [0.25, 0.3) is 0 Å². The molecule has 0 unspecified atom stereocenters. The molecule has 3 aromatic rings. The average molecular weight is 444 g/mol. The van der Waals surface area contributed by atoms with Crippen molar-refractivity contribution in [3.8, 4) is 11.1 Å². The van der Waals surface area contributed by atoms with Gasteiger partial charge in [-0.25, -0.2) is 4.79 Å². The summed E-state index contributed by atoms with van der Waals surface area (Å²) >= 11 is 4.60. The van der Waals surface area contributed by atoms with Gasteiger partial charge >= 0.3 is 5.97 Å². The predicted octanol–water partition coefficient (Wildman–Crippen LogP) is 5.76. The van der Waals surface area contributed by atoms with Crippen molar-refractivity contribution in [2.45, 2.75) is 19.8 Å². The van der Waals surface area contributed by atoms with Gasteiger partial charge in [0.2, 0.25) is 5.91 Å². The Labute approximate surface area is 170 Å². The van der Waals surface area contributed by atoms with E-state index in [4.69, 9.17) is 0 Å². The van der Waals surface area contributed by atoms with E-state index in [2.05, 4.69) is 21.2 Å². The van der Waals surface area contributed by atoms with Crippen molar-refractivity contribution >= 4 is 44.1 Å². The average Bonchev–Trinajstić information content (AvgIpc) is 3.05. The van der Waals surface area contributed by atoms with Gasteiger partial charge in [-0.2, -0.15) is 0 Å². The molecule has 138 valence electrons. The van der Waals surface area contributed by atoms with Crippen LogP contribution in [0, 0.1) is 6.92 Å². The largest absolute Gasteiger partial charge is 0.478 e. The molecule has 0 aliphatic heterocycles. The first-order chi connectivity index (χ1) is 12.9. The first kappa shape index (κ1) is 19.3. The van der Waals surface area contributed by atoms with Crippen molar-refractivity contribution in [2.75, 3.05) is 5.32 Å². The molecule has 2 N–H and O–H groups in total. The minimum absolute atomic E-state index is 0.131. The van der Waals surface area contributed by atoms with E-state index in [1.54, 1.807) is 5.38 Å². The molecule has 4 nitrogen and oxygen atoms in total. The molecule has 0 saturated carbocycles. The monoisotopic (exact) mass is 443 g/mol. The SMILES string of the molecule is Cc1ccc(CCC(=O)Nc2scc(-c3ccc(Br)cc3)c2C(=O)O)cc1. The van der Waals surface area contributed by atoms with Crippen LogP contribution < -0.4 is 5.32 Å². The number of anilines is 1. The van der Waals surface area contributed by atoms with Gasteiger partial charge in [-0.15, -0.1) is 11.3 Å². The van der Waals surface area contributed by atoms with Crippen LogP contribution in [0.4, 0.5) is 5.00 Å². The summed E-state index contributed by atoms with van der Waals surface area (Å²) in [6, 6.07) is 15.4. The molecule has 6 heteroatoms. The zero-order chi connectivity index (χ0) is 19.4. The minimum atomic E-state index is -1.05. The number of amides is 1. The van der Waals surface area contributed by atoms with Gasteiger partial charge in [-0.05, 0) is 36.6 Å². The summed E-state index contributed by atoms with van der Waals surface area (Å²) < 4.78 is 0.919. The van der Waals surface area contributed by atoms with Crippen molar-refractivity contribution < 1.29 is 14.7 Å². The van der Waals surface area contributed by atoms with E-state index in [0.29, 0.717) is 23.4 Å². The molecule has 27 heavy (non-hydrogen) atoms. The van der Waals surface area contributed by atoms with Crippen molar-refractivity contribution in [1.82, 2.24) is 0 Å². The van der Waals surface area contributed by atoms with Crippen LogP contribution in [0.3, 0.4) is 0 Å². The smallest absolute Gasteiger partial charge is 0.339 e. The van der Waals surface area contributed by atoms with E-state index >= 15 is 0 Å². The number of aromatic carboxylic acids is 1. The number of carbonyl (C=O) groups is 2. The summed E-state index contributed by atoms with van der Waals surface area (Å²) in [5, 5.41) is 14.5. The second-order valence-electron chi connectivity index (χ2n) is 6.20. The molecular formula is C21H18BrNO3S. The summed E-state index contributed by atoms with van der Waals surface area (Å²) in [7, 11) is 0. The molecule has 0 aliphatic carbocycles. The van der Waals surface area contributed by atoms with Gasteiger partial charge in [0, 0.05) is 21.8 Å². The Morgan fingerprint density at radius 1 is 1.07 bits per heavy atom. The van der Waals surface area contributed by atoms with Gasteiger partial charge in [-0.3, -0.25) is 4.79 Å². The molecule has 1 amide bonds. The number of rotatable bonds is 6. The molecule has 0 aliphatic rings. The zero-order valence-electron chi connectivity index (χ0n) is 14.7. The molecule has 0 bridgehead atoms. The predicted molar refractivity (Wildman–Crippen MR) is 113 cm³/mol. The molecule has 0 fully saturated rings. The number of hydrogen-bond acceptors (Lipinski definition) is 3. The number of carboxylic acids is 1. The van der Waals surface area contributed by atoms with Gasteiger partial charge in [0.15, 0.2) is 0 Å². The molecule has 0 radical (unpaired) electrons. The Bertz CT molecular complexity index is 962. The number of carboxylic acid groups (broad SMARTS) is 1. The third kappa shape index (κ3) is 4.84. The fourth-order valence-corrected chi connectivity index (χ4v) is 3.95. The normalized spacial score (nSPS) is 10.6. The van der Waals surface area contributed by atoms with Crippen molar-refractivity contribution in [1.29, 1.82) is 0 Å². The number of nitrogens with one attached hydrogen (secondary N) is 1. The molecule has 1 aromatic heterocycles. The van der Waals surface area contributed by atoms with E-state index in [1.165, 1.54) is 16.9 Å². The summed E-state index contributed by atoms with van der Waals surface area (Å²) in [5.74, 6) is -1.25. The van der Waals surface area contributed by atoms with E-state index in [9.17, 15) is 14.7 Å². The highest BCUT2D eigenvalue weighted by Gasteiger charge is 2.21.